The van der Waals surface area contributed by atoms with Crippen LogP contribution < -0.4 is 11.2 Å². The molecule has 1 N–H and O–H groups in total. The Labute approximate surface area is 125 Å². The van der Waals surface area contributed by atoms with Crippen LogP contribution in [-0.4, -0.2) is 9.55 Å². The molecular weight excluding hydrogens is 276 g/mol. The van der Waals surface area contributed by atoms with Gasteiger partial charge in [-0.15, -0.1) is 0 Å². The van der Waals surface area contributed by atoms with Gasteiger partial charge in [0.1, 0.15) is 5.15 Å². The molecule has 0 spiro atoms. The van der Waals surface area contributed by atoms with Crippen LogP contribution in [0.3, 0.4) is 0 Å². The van der Waals surface area contributed by atoms with Crippen LogP contribution in [0.25, 0.3) is 0 Å². The first-order valence-electron chi connectivity index (χ1n) is 7.57. The van der Waals surface area contributed by atoms with Crippen LogP contribution in [0.5, 0.6) is 0 Å². The molecule has 20 heavy (non-hydrogen) atoms. The number of halogens is 1. The van der Waals surface area contributed by atoms with E-state index in [4.69, 9.17) is 11.6 Å². The zero-order chi connectivity index (χ0) is 15.0. The summed E-state index contributed by atoms with van der Waals surface area (Å²) in [5, 5.41) is 0.146. The van der Waals surface area contributed by atoms with Gasteiger partial charge in [-0.05, 0) is 13.3 Å². The van der Waals surface area contributed by atoms with E-state index in [1.54, 1.807) is 6.92 Å². The maximum atomic E-state index is 11.9. The summed E-state index contributed by atoms with van der Waals surface area (Å²) < 4.78 is 1.25. The number of rotatable bonds is 9. The predicted octanol–water partition coefficient (Wildman–Crippen LogP) is 3.64. The quantitative estimate of drug-likeness (QED) is 0.559. The van der Waals surface area contributed by atoms with Crippen LogP contribution in [0.4, 0.5) is 0 Å². The third kappa shape index (κ3) is 5.16. The Morgan fingerprint density at radius 2 is 1.55 bits per heavy atom. The maximum absolute atomic E-state index is 11.9. The molecule has 0 aliphatic heterocycles. The molecule has 0 radical (unpaired) electrons. The van der Waals surface area contributed by atoms with Gasteiger partial charge in [0.2, 0.25) is 0 Å². The van der Waals surface area contributed by atoms with E-state index in [9.17, 15) is 9.59 Å². The first-order chi connectivity index (χ1) is 9.57. The molecule has 5 heteroatoms. The van der Waals surface area contributed by atoms with Crippen molar-refractivity contribution in [3.05, 3.63) is 31.6 Å². The summed E-state index contributed by atoms with van der Waals surface area (Å²) in [5.41, 5.74) is -0.277. The average molecular weight is 301 g/mol. The lowest BCUT2D eigenvalue weighted by Crippen LogP contribution is -2.36. The van der Waals surface area contributed by atoms with E-state index in [0.717, 1.165) is 12.8 Å². The second-order valence-electron chi connectivity index (χ2n) is 5.30. The van der Waals surface area contributed by atoms with E-state index in [1.165, 1.54) is 43.1 Å². The molecule has 0 bridgehead atoms. The van der Waals surface area contributed by atoms with E-state index in [-0.39, 0.29) is 10.7 Å². The zero-order valence-electron chi connectivity index (χ0n) is 12.5. The first kappa shape index (κ1) is 17.0. The van der Waals surface area contributed by atoms with Crippen molar-refractivity contribution in [2.75, 3.05) is 0 Å². The summed E-state index contributed by atoms with van der Waals surface area (Å²) >= 11 is 5.77. The van der Waals surface area contributed by atoms with Gasteiger partial charge in [-0.3, -0.25) is 14.3 Å². The van der Waals surface area contributed by atoms with Crippen molar-refractivity contribution in [1.29, 1.82) is 0 Å². The normalized spacial score (nSPS) is 10.9. The van der Waals surface area contributed by atoms with Crippen molar-refractivity contribution in [3.63, 3.8) is 0 Å². The van der Waals surface area contributed by atoms with Crippen LogP contribution in [0, 0.1) is 6.92 Å². The monoisotopic (exact) mass is 300 g/mol. The summed E-state index contributed by atoms with van der Waals surface area (Å²) in [7, 11) is 0. The number of nitrogens with zero attached hydrogens (tertiary/aromatic N) is 1. The van der Waals surface area contributed by atoms with E-state index < -0.39 is 5.69 Å². The van der Waals surface area contributed by atoms with Crippen molar-refractivity contribution in [2.45, 2.75) is 71.8 Å². The van der Waals surface area contributed by atoms with Crippen LogP contribution >= 0.6 is 11.6 Å². The number of aromatic amines is 1. The molecule has 114 valence electrons. The predicted molar refractivity (Wildman–Crippen MR) is 83.7 cm³/mol. The number of H-pyrrole nitrogens is 1. The van der Waals surface area contributed by atoms with Crippen molar-refractivity contribution in [3.8, 4) is 0 Å². The van der Waals surface area contributed by atoms with Gasteiger partial charge < -0.3 is 0 Å². The van der Waals surface area contributed by atoms with Crippen LogP contribution in [0.1, 0.15) is 63.9 Å². The smallest absolute Gasteiger partial charge is 0.297 e. The molecule has 0 aliphatic carbocycles. The number of aromatic nitrogens is 2. The van der Waals surface area contributed by atoms with Crippen molar-refractivity contribution in [1.82, 2.24) is 9.55 Å². The lowest BCUT2D eigenvalue weighted by Gasteiger charge is -2.06. The summed E-state index contributed by atoms with van der Waals surface area (Å²) in [6.45, 7) is 4.31. The molecule has 0 unspecified atom stereocenters. The van der Waals surface area contributed by atoms with Gasteiger partial charge in [0.25, 0.3) is 5.56 Å². The molecule has 0 aliphatic rings. The van der Waals surface area contributed by atoms with Crippen LogP contribution in [0.2, 0.25) is 5.15 Å². The van der Waals surface area contributed by atoms with Crippen molar-refractivity contribution >= 4 is 11.6 Å². The standard InChI is InChI=1S/C15H25ClN2O2/c1-3-4-5-6-7-8-9-10-11-18-14(19)12(2)13(16)17-15(18)20/h3-11H2,1-2H3,(H,17,20). The second kappa shape index (κ2) is 9.01. The topological polar surface area (TPSA) is 54.9 Å². The van der Waals surface area contributed by atoms with Crippen molar-refractivity contribution in [2.24, 2.45) is 0 Å². The fraction of sp³-hybridized carbons (Fsp3) is 0.733. The molecule has 1 aromatic rings. The minimum absolute atomic E-state index is 0.146. The maximum Gasteiger partial charge on any atom is 0.329 e. The van der Waals surface area contributed by atoms with Crippen molar-refractivity contribution < 1.29 is 0 Å². The summed E-state index contributed by atoms with van der Waals surface area (Å²) in [4.78, 5) is 26.1. The lowest BCUT2D eigenvalue weighted by atomic mass is 10.1. The largest absolute Gasteiger partial charge is 0.329 e. The molecule has 0 saturated heterocycles. The summed E-state index contributed by atoms with van der Waals surface area (Å²) in [5.74, 6) is 0. The fourth-order valence-electron chi connectivity index (χ4n) is 2.25. The molecule has 1 aromatic heterocycles. The Morgan fingerprint density at radius 3 is 2.15 bits per heavy atom. The number of hydrogen-bond donors (Lipinski definition) is 1. The van der Waals surface area contributed by atoms with Gasteiger partial charge >= 0.3 is 5.69 Å². The first-order valence-corrected chi connectivity index (χ1v) is 7.95. The third-order valence-electron chi connectivity index (χ3n) is 3.59. The van der Waals surface area contributed by atoms with Gasteiger partial charge in [0.05, 0.1) is 0 Å². The SMILES string of the molecule is CCCCCCCCCCn1c(=O)[nH]c(Cl)c(C)c1=O. The lowest BCUT2D eigenvalue weighted by molar-refractivity contribution is 0.525. The van der Waals surface area contributed by atoms with E-state index in [2.05, 4.69) is 11.9 Å². The Bertz CT molecular complexity index is 520. The molecule has 0 atom stereocenters. The highest BCUT2D eigenvalue weighted by molar-refractivity contribution is 6.30. The Hall–Kier alpha value is -1.03. The molecule has 0 aromatic carbocycles. The second-order valence-corrected chi connectivity index (χ2v) is 5.68. The highest BCUT2D eigenvalue weighted by Crippen LogP contribution is 2.09. The van der Waals surface area contributed by atoms with Gasteiger partial charge in [0.15, 0.2) is 0 Å². The number of unbranched alkanes of at least 4 members (excludes halogenated alkanes) is 7. The van der Waals surface area contributed by atoms with Gasteiger partial charge in [-0.25, -0.2) is 4.79 Å². The molecule has 1 heterocycles. The zero-order valence-corrected chi connectivity index (χ0v) is 13.3. The van der Waals surface area contributed by atoms with Crippen LogP contribution in [0.15, 0.2) is 9.59 Å². The molecule has 0 saturated carbocycles. The summed E-state index contributed by atoms with van der Waals surface area (Å²) in [6, 6.07) is 0. The molecule has 1 rings (SSSR count). The third-order valence-corrected chi connectivity index (χ3v) is 3.97. The number of hydrogen-bond acceptors (Lipinski definition) is 2. The Kier molecular flexibility index (Phi) is 7.67. The van der Waals surface area contributed by atoms with Gasteiger partial charge in [-0.1, -0.05) is 63.5 Å². The minimum atomic E-state index is -0.409. The molecular formula is C15H25ClN2O2. The van der Waals surface area contributed by atoms with Crippen LogP contribution in [-0.2, 0) is 6.54 Å². The Morgan fingerprint density at radius 1 is 1.00 bits per heavy atom. The number of nitrogens with one attached hydrogen (secondary N) is 1. The highest BCUT2D eigenvalue weighted by atomic mass is 35.5. The molecule has 4 nitrogen and oxygen atoms in total. The van der Waals surface area contributed by atoms with E-state index >= 15 is 0 Å². The Balaban J connectivity index is 2.35. The van der Waals surface area contributed by atoms with Gasteiger partial charge in [0, 0.05) is 12.1 Å². The fourth-order valence-corrected chi connectivity index (χ4v) is 2.41. The molecule has 0 fully saturated rings. The van der Waals surface area contributed by atoms with E-state index in [0.29, 0.717) is 12.1 Å². The van der Waals surface area contributed by atoms with Gasteiger partial charge in [-0.2, -0.15) is 0 Å². The average Bonchev–Trinajstić information content (AvgIpc) is 2.42. The summed E-state index contributed by atoms with van der Waals surface area (Å²) in [6.07, 6.45) is 9.50. The minimum Gasteiger partial charge on any atom is -0.297 e. The highest BCUT2D eigenvalue weighted by Gasteiger charge is 2.08. The van der Waals surface area contributed by atoms with E-state index in [1.807, 2.05) is 0 Å². The molecule has 0 amide bonds.